The van der Waals surface area contributed by atoms with Crippen molar-refractivity contribution >= 4 is 49.1 Å². The third-order valence-electron chi connectivity index (χ3n) is 3.16. The molecule has 0 bridgehead atoms. The predicted octanol–water partition coefficient (Wildman–Crippen LogP) is 5.53. The maximum atomic E-state index is 13.2. The van der Waals surface area contributed by atoms with Gasteiger partial charge in [-0.15, -0.1) is 11.3 Å². The number of hydrogen-bond acceptors (Lipinski definition) is 3. The Bertz CT molecular complexity index is 832. The van der Waals surface area contributed by atoms with Crippen LogP contribution in [0, 0.1) is 19.7 Å². The fourth-order valence-corrected chi connectivity index (χ4v) is 3.92. The number of nitrogens with zero attached hydrogens (tertiary/aromatic N) is 2. The minimum absolute atomic E-state index is 0.310. The van der Waals surface area contributed by atoms with E-state index in [9.17, 15) is 4.39 Å². The largest absolute Gasteiger partial charge is 0.217 e. The fraction of sp³-hybridized carbons (Fsp3) is 0.143. The molecule has 2 nitrogen and oxygen atoms in total. The number of aromatic nitrogens is 2. The molecule has 1 aromatic carbocycles. The quantitative estimate of drug-likeness (QED) is 0.526. The highest BCUT2D eigenvalue weighted by Gasteiger charge is 2.15. The second-order valence-corrected chi connectivity index (χ2v) is 6.84. The summed E-state index contributed by atoms with van der Waals surface area (Å²) in [4.78, 5) is 10.9. The van der Waals surface area contributed by atoms with Crippen molar-refractivity contribution in [2.24, 2.45) is 0 Å². The molecule has 0 aliphatic rings. The molecule has 0 aliphatic heterocycles. The van der Waals surface area contributed by atoms with E-state index < -0.39 is 0 Å². The van der Waals surface area contributed by atoms with E-state index in [1.807, 2.05) is 13.8 Å². The molecule has 3 rings (SSSR count). The van der Waals surface area contributed by atoms with Crippen LogP contribution in [0.2, 0.25) is 5.15 Å². The molecule has 0 saturated carbocycles. The zero-order chi connectivity index (χ0) is 14.4. The van der Waals surface area contributed by atoms with Gasteiger partial charge in [0, 0.05) is 14.9 Å². The molecular formula is C14H9BrClFN2S. The predicted molar refractivity (Wildman–Crippen MR) is 85.0 cm³/mol. The van der Waals surface area contributed by atoms with E-state index >= 15 is 0 Å². The van der Waals surface area contributed by atoms with Crippen molar-refractivity contribution in [3.8, 4) is 11.4 Å². The first-order chi connectivity index (χ1) is 9.47. The van der Waals surface area contributed by atoms with Crippen LogP contribution < -0.4 is 0 Å². The van der Waals surface area contributed by atoms with Gasteiger partial charge in [-0.3, -0.25) is 0 Å². The van der Waals surface area contributed by atoms with Gasteiger partial charge in [-0.2, -0.15) is 0 Å². The molecule has 0 N–H and O–H groups in total. The SMILES string of the molecule is Cc1sc2nc(-c3ccc(F)cc3Br)nc(Cl)c2c1C. The van der Waals surface area contributed by atoms with Crippen molar-refractivity contribution in [2.45, 2.75) is 13.8 Å². The lowest BCUT2D eigenvalue weighted by Gasteiger charge is -2.05. The number of thiophene rings is 1. The van der Waals surface area contributed by atoms with Crippen LogP contribution in [0.1, 0.15) is 10.4 Å². The lowest BCUT2D eigenvalue weighted by Crippen LogP contribution is -1.92. The molecule has 0 unspecified atom stereocenters. The van der Waals surface area contributed by atoms with E-state index in [2.05, 4.69) is 25.9 Å². The maximum absolute atomic E-state index is 13.2. The van der Waals surface area contributed by atoms with Gasteiger partial charge in [0.2, 0.25) is 0 Å². The third kappa shape index (κ3) is 2.24. The minimum atomic E-state index is -0.310. The number of benzene rings is 1. The molecular weight excluding hydrogens is 363 g/mol. The Morgan fingerprint density at radius 1 is 1.25 bits per heavy atom. The first-order valence-corrected chi connectivity index (χ1v) is 7.85. The number of halogens is 3. The minimum Gasteiger partial charge on any atom is -0.217 e. The van der Waals surface area contributed by atoms with Crippen molar-refractivity contribution < 1.29 is 4.39 Å². The molecule has 20 heavy (non-hydrogen) atoms. The maximum Gasteiger partial charge on any atom is 0.163 e. The normalized spacial score (nSPS) is 11.2. The first kappa shape index (κ1) is 13.9. The molecule has 3 aromatic rings. The van der Waals surface area contributed by atoms with Crippen LogP contribution in [0.3, 0.4) is 0 Å². The fourth-order valence-electron chi connectivity index (χ4n) is 1.99. The van der Waals surface area contributed by atoms with Crippen molar-refractivity contribution in [1.82, 2.24) is 9.97 Å². The van der Waals surface area contributed by atoms with Gasteiger partial charge in [0.15, 0.2) is 5.82 Å². The number of fused-ring (bicyclic) bond motifs is 1. The zero-order valence-electron chi connectivity index (χ0n) is 10.7. The summed E-state index contributed by atoms with van der Waals surface area (Å²) in [5.41, 5.74) is 1.83. The molecule has 0 atom stereocenters. The Morgan fingerprint density at radius 2 is 2.00 bits per heavy atom. The second-order valence-electron chi connectivity index (χ2n) is 4.43. The van der Waals surface area contributed by atoms with Gasteiger partial charge in [-0.1, -0.05) is 11.6 Å². The van der Waals surface area contributed by atoms with Gasteiger partial charge in [0.25, 0.3) is 0 Å². The Morgan fingerprint density at radius 3 is 2.70 bits per heavy atom. The molecule has 0 radical (unpaired) electrons. The Hall–Kier alpha value is -1.04. The second kappa shape index (κ2) is 5.06. The average Bonchev–Trinajstić information content (AvgIpc) is 2.65. The van der Waals surface area contributed by atoms with Gasteiger partial charge in [-0.05, 0) is 53.5 Å². The van der Waals surface area contributed by atoms with Gasteiger partial charge >= 0.3 is 0 Å². The Balaban J connectivity index is 2.27. The smallest absolute Gasteiger partial charge is 0.163 e. The topological polar surface area (TPSA) is 25.8 Å². The molecule has 6 heteroatoms. The van der Waals surface area contributed by atoms with E-state index in [1.54, 1.807) is 17.4 Å². The van der Waals surface area contributed by atoms with Crippen LogP contribution in [0.4, 0.5) is 4.39 Å². The highest BCUT2D eigenvalue weighted by atomic mass is 79.9. The summed E-state index contributed by atoms with van der Waals surface area (Å²) in [6, 6.07) is 4.42. The number of hydrogen-bond donors (Lipinski definition) is 0. The van der Waals surface area contributed by atoms with Crippen molar-refractivity contribution in [3.63, 3.8) is 0 Å². The first-order valence-electron chi connectivity index (χ1n) is 5.86. The third-order valence-corrected chi connectivity index (χ3v) is 5.19. The van der Waals surface area contributed by atoms with E-state index in [4.69, 9.17) is 11.6 Å². The van der Waals surface area contributed by atoms with Crippen molar-refractivity contribution in [3.05, 3.63) is 44.1 Å². The van der Waals surface area contributed by atoms with Crippen LogP contribution in [0.25, 0.3) is 21.6 Å². The van der Waals surface area contributed by atoms with E-state index in [1.165, 1.54) is 17.0 Å². The van der Waals surface area contributed by atoms with Crippen LogP contribution >= 0.6 is 38.9 Å². The molecule has 2 aromatic heterocycles. The molecule has 0 saturated heterocycles. The average molecular weight is 372 g/mol. The van der Waals surface area contributed by atoms with E-state index in [0.717, 1.165) is 21.3 Å². The summed E-state index contributed by atoms with van der Waals surface area (Å²) in [7, 11) is 0. The summed E-state index contributed by atoms with van der Waals surface area (Å²) >= 11 is 11.2. The molecule has 0 aliphatic carbocycles. The van der Waals surface area contributed by atoms with Gasteiger partial charge in [0.05, 0.1) is 5.39 Å². The molecule has 0 fully saturated rings. The van der Waals surface area contributed by atoms with E-state index in [0.29, 0.717) is 15.5 Å². The lowest BCUT2D eigenvalue weighted by atomic mass is 10.2. The molecule has 2 heterocycles. The van der Waals surface area contributed by atoms with Crippen molar-refractivity contribution in [2.75, 3.05) is 0 Å². The summed E-state index contributed by atoms with van der Waals surface area (Å²) < 4.78 is 13.8. The number of rotatable bonds is 1. The molecule has 0 spiro atoms. The van der Waals surface area contributed by atoms with Crippen LogP contribution in [-0.2, 0) is 0 Å². The lowest BCUT2D eigenvalue weighted by molar-refractivity contribution is 0.627. The van der Waals surface area contributed by atoms with Gasteiger partial charge in [0.1, 0.15) is 15.8 Å². The Labute approximate surface area is 132 Å². The summed E-state index contributed by atoms with van der Waals surface area (Å²) in [6.07, 6.45) is 0. The molecule has 0 amide bonds. The van der Waals surface area contributed by atoms with Crippen molar-refractivity contribution in [1.29, 1.82) is 0 Å². The number of aryl methyl sites for hydroxylation is 2. The molecule has 102 valence electrons. The summed E-state index contributed by atoms with van der Waals surface area (Å²) in [6.45, 7) is 4.04. The highest BCUT2D eigenvalue weighted by Crippen LogP contribution is 2.36. The van der Waals surface area contributed by atoms with Crippen LogP contribution in [-0.4, -0.2) is 9.97 Å². The summed E-state index contributed by atoms with van der Waals surface area (Å²) in [5.74, 6) is 0.186. The Kier molecular flexibility index (Phi) is 3.52. The van der Waals surface area contributed by atoms with E-state index in [-0.39, 0.29) is 5.82 Å². The van der Waals surface area contributed by atoms with Gasteiger partial charge in [-0.25, -0.2) is 14.4 Å². The monoisotopic (exact) mass is 370 g/mol. The summed E-state index contributed by atoms with van der Waals surface area (Å²) in [5, 5.41) is 1.33. The highest BCUT2D eigenvalue weighted by molar-refractivity contribution is 9.10. The zero-order valence-corrected chi connectivity index (χ0v) is 13.8. The van der Waals surface area contributed by atoms with Gasteiger partial charge < -0.3 is 0 Å². The van der Waals surface area contributed by atoms with Crippen LogP contribution in [0.5, 0.6) is 0 Å². The van der Waals surface area contributed by atoms with Crippen LogP contribution in [0.15, 0.2) is 22.7 Å². The standard InChI is InChI=1S/C14H9BrClFN2S/c1-6-7(2)20-14-11(6)12(16)18-13(19-14)9-4-3-8(17)5-10(9)15/h3-5H,1-2H3.